The molecule has 1 N–H and O–H groups in total. The summed E-state index contributed by atoms with van der Waals surface area (Å²) in [5, 5.41) is 16.2. The fourth-order valence-electron chi connectivity index (χ4n) is 3.35. The van der Waals surface area contributed by atoms with Gasteiger partial charge >= 0.3 is 5.69 Å². The quantitative estimate of drug-likeness (QED) is 0.381. The summed E-state index contributed by atoms with van der Waals surface area (Å²) in [5.41, 5.74) is 2.06. The third-order valence-corrected chi connectivity index (χ3v) is 4.81. The molecule has 0 radical (unpaired) electrons. The third kappa shape index (κ3) is 3.13. The van der Waals surface area contributed by atoms with E-state index in [9.17, 15) is 14.9 Å². The Morgan fingerprint density at radius 2 is 1.89 bits per heavy atom. The standard InChI is InChI=1S/C20H19N5O3/c1-2-3-8-18-21-19-16-6-4-5-7-17(16)23(20(26)24(19)22-18)13-14-9-11-15(12-10-14)25(27)28/h4-7,9-12H,2-3,8,13H2,1H3/p+1. The molecule has 2 aromatic carbocycles. The molecule has 0 amide bonds. The van der Waals surface area contributed by atoms with E-state index in [2.05, 4.69) is 17.0 Å². The Morgan fingerprint density at radius 1 is 1.14 bits per heavy atom. The van der Waals surface area contributed by atoms with Crippen LogP contribution in [0.5, 0.6) is 0 Å². The highest BCUT2D eigenvalue weighted by Gasteiger charge is 2.21. The Morgan fingerprint density at radius 3 is 2.61 bits per heavy atom. The third-order valence-electron chi connectivity index (χ3n) is 4.81. The van der Waals surface area contributed by atoms with Crippen molar-refractivity contribution in [2.45, 2.75) is 32.7 Å². The first-order valence-electron chi connectivity index (χ1n) is 9.24. The van der Waals surface area contributed by atoms with Crippen molar-refractivity contribution in [3.63, 3.8) is 0 Å². The van der Waals surface area contributed by atoms with Gasteiger partial charge in [0.25, 0.3) is 17.2 Å². The minimum absolute atomic E-state index is 0.0265. The van der Waals surface area contributed by atoms with Crippen LogP contribution in [0.1, 0.15) is 31.2 Å². The van der Waals surface area contributed by atoms with Crippen LogP contribution in [-0.2, 0) is 13.0 Å². The molecule has 0 aliphatic heterocycles. The van der Waals surface area contributed by atoms with Crippen LogP contribution >= 0.6 is 0 Å². The van der Waals surface area contributed by atoms with Crippen LogP contribution in [-0.4, -0.2) is 19.1 Å². The van der Waals surface area contributed by atoms with Crippen molar-refractivity contribution in [3.05, 3.63) is 80.5 Å². The molecular formula is C20H20N5O3+. The lowest BCUT2D eigenvalue weighted by Crippen LogP contribution is -2.29. The number of H-pyrrole nitrogens is 1. The molecule has 0 bridgehead atoms. The van der Waals surface area contributed by atoms with Gasteiger partial charge in [-0.15, -0.1) is 0 Å². The van der Waals surface area contributed by atoms with Crippen LogP contribution in [0.25, 0.3) is 16.6 Å². The van der Waals surface area contributed by atoms with Gasteiger partial charge in [0.1, 0.15) is 0 Å². The zero-order valence-corrected chi connectivity index (χ0v) is 15.5. The van der Waals surface area contributed by atoms with E-state index in [1.807, 2.05) is 24.3 Å². The van der Waals surface area contributed by atoms with Crippen LogP contribution in [0.4, 0.5) is 5.69 Å². The predicted octanol–water partition coefficient (Wildman–Crippen LogP) is 2.76. The van der Waals surface area contributed by atoms with Gasteiger partial charge in [-0.2, -0.15) is 0 Å². The number of nitrogens with zero attached hydrogens (tertiary/aromatic N) is 4. The lowest BCUT2D eigenvalue weighted by molar-refractivity contribution is -0.384. The van der Waals surface area contributed by atoms with Crippen molar-refractivity contribution in [2.24, 2.45) is 0 Å². The maximum Gasteiger partial charge on any atom is 0.423 e. The number of hydrogen-bond donors (Lipinski definition) is 0. The number of nitrogens with one attached hydrogen (secondary N) is 1. The highest BCUT2D eigenvalue weighted by atomic mass is 16.6. The number of benzene rings is 2. The summed E-state index contributed by atoms with van der Waals surface area (Å²) in [6.07, 6.45) is 2.83. The van der Waals surface area contributed by atoms with Crippen molar-refractivity contribution < 1.29 is 9.91 Å². The molecule has 4 rings (SSSR count). The van der Waals surface area contributed by atoms with Crippen molar-refractivity contribution >= 4 is 22.2 Å². The monoisotopic (exact) mass is 378 g/mol. The molecular weight excluding hydrogens is 358 g/mol. The van der Waals surface area contributed by atoms with Crippen LogP contribution in [0, 0.1) is 10.1 Å². The average Bonchev–Trinajstić information content (AvgIpc) is 3.14. The predicted molar refractivity (Wildman–Crippen MR) is 104 cm³/mol. The highest BCUT2D eigenvalue weighted by molar-refractivity contribution is 5.89. The van der Waals surface area contributed by atoms with Gasteiger partial charge < -0.3 is 0 Å². The molecule has 0 saturated heterocycles. The number of aromatic nitrogens is 4. The Kier molecular flexibility index (Phi) is 4.60. The van der Waals surface area contributed by atoms with Crippen LogP contribution in [0.3, 0.4) is 0 Å². The number of non-ortho nitro benzene ring substituents is 1. The molecule has 0 saturated carbocycles. The average molecular weight is 378 g/mol. The Bertz CT molecular complexity index is 1220. The molecule has 8 nitrogen and oxygen atoms in total. The van der Waals surface area contributed by atoms with E-state index in [-0.39, 0.29) is 11.4 Å². The molecule has 8 heteroatoms. The van der Waals surface area contributed by atoms with Crippen molar-refractivity contribution in [1.29, 1.82) is 0 Å². The molecule has 0 unspecified atom stereocenters. The number of aromatic amines is 1. The second kappa shape index (κ2) is 7.22. The molecule has 2 heterocycles. The first-order chi connectivity index (χ1) is 13.6. The molecule has 142 valence electrons. The van der Waals surface area contributed by atoms with E-state index in [0.717, 1.165) is 41.6 Å². The molecule has 0 aliphatic carbocycles. The minimum atomic E-state index is -0.436. The second-order valence-corrected chi connectivity index (χ2v) is 6.75. The zero-order chi connectivity index (χ0) is 19.7. The van der Waals surface area contributed by atoms with Gasteiger partial charge in [0.05, 0.1) is 27.5 Å². The van der Waals surface area contributed by atoms with Crippen molar-refractivity contribution in [1.82, 2.24) is 14.2 Å². The van der Waals surface area contributed by atoms with Gasteiger partial charge in [0, 0.05) is 18.6 Å². The van der Waals surface area contributed by atoms with E-state index in [1.54, 1.807) is 16.7 Å². The number of rotatable bonds is 6. The van der Waals surface area contributed by atoms with Gasteiger partial charge in [-0.25, -0.2) is 9.78 Å². The molecule has 28 heavy (non-hydrogen) atoms. The maximum absolute atomic E-state index is 13.1. The van der Waals surface area contributed by atoms with Gasteiger partial charge in [-0.05, 0) is 28.6 Å². The van der Waals surface area contributed by atoms with Gasteiger partial charge in [0.15, 0.2) is 0 Å². The minimum Gasteiger partial charge on any atom is -0.273 e. The van der Waals surface area contributed by atoms with Gasteiger partial charge in [0.2, 0.25) is 0 Å². The second-order valence-electron chi connectivity index (χ2n) is 6.75. The van der Waals surface area contributed by atoms with Gasteiger partial charge in [-0.3, -0.25) is 14.7 Å². The largest absolute Gasteiger partial charge is 0.423 e. The summed E-state index contributed by atoms with van der Waals surface area (Å²) in [5.74, 6) is 0.789. The molecule has 0 fully saturated rings. The van der Waals surface area contributed by atoms with E-state index in [0.29, 0.717) is 12.2 Å². The number of fused-ring (bicyclic) bond motifs is 3. The molecule has 0 spiro atoms. The zero-order valence-electron chi connectivity index (χ0n) is 15.5. The smallest absolute Gasteiger partial charge is 0.273 e. The topological polar surface area (TPSA) is 96.6 Å². The Hall–Kier alpha value is -3.55. The lowest BCUT2D eigenvalue weighted by Gasteiger charge is -2.08. The summed E-state index contributed by atoms with van der Waals surface area (Å²) in [6.45, 7) is 2.42. The van der Waals surface area contributed by atoms with Crippen LogP contribution in [0.2, 0.25) is 0 Å². The van der Waals surface area contributed by atoms with Crippen molar-refractivity contribution in [3.8, 4) is 0 Å². The normalized spacial score (nSPS) is 11.3. The number of aryl methyl sites for hydroxylation is 1. The summed E-state index contributed by atoms with van der Waals surface area (Å²) in [7, 11) is 0. The Labute approximate surface area is 160 Å². The summed E-state index contributed by atoms with van der Waals surface area (Å²) < 4.78 is 3.06. The number of nitro benzene ring substituents is 1. The van der Waals surface area contributed by atoms with E-state index >= 15 is 0 Å². The molecule has 4 aromatic rings. The highest BCUT2D eigenvalue weighted by Crippen LogP contribution is 2.18. The fourth-order valence-corrected chi connectivity index (χ4v) is 3.35. The SMILES string of the molecule is CCCCc1nn2c(=O)n(Cc3ccc([N+](=O)[O-])cc3)c3ccccc3c2[nH+]1. The van der Waals surface area contributed by atoms with Crippen LogP contribution in [0.15, 0.2) is 53.3 Å². The van der Waals surface area contributed by atoms with E-state index in [4.69, 9.17) is 0 Å². The summed E-state index contributed by atoms with van der Waals surface area (Å²) in [4.78, 5) is 26.9. The lowest BCUT2D eigenvalue weighted by atomic mass is 10.2. The number of nitro groups is 1. The number of hydrogen-bond acceptors (Lipinski definition) is 4. The summed E-state index contributed by atoms with van der Waals surface area (Å²) >= 11 is 0. The number of unbranched alkanes of at least 4 members (excludes halogenated alkanes) is 1. The fraction of sp³-hybridized carbons (Fsp3) is 0.250. The molecule has 2 aromatic heterocycles. The van der Waals surface area contributed by atoms with Gasteiger partial charge in [-0.1, -0.05) is 37.6 Å². The maximum atomic E-state index is 13.1. The van der Waals surface area contributed by atoms with Crippen molar-refractivity contribution in [2.75, 3.05) is 0 Å². The van der Waals surface area contributed by atoms with E-state index in [1.165, 1.54) is 16.6 Å². The Balaban J connectivity index is 1.85. The van der Waals surface area contributed by atoms with Crippen LogP contribution < -0.4 is 10.7 Å². The summed E-state index contributed by atoms with van der Waals surface area (Å²) in [6, 6.07) is 13.9. The first-order valence-corrected chi connectivity index (χ1v) is 9.24. The molecule has 0 aliphatic rings. The first kappa shape index (κ1) is 17.8. The number of para-hydroxylation sites is 1. The molecule has 0 atom stereocenters. The van der Waals surface area contributed by atoms with E-state index < -0.39 is 4.92 Å².